The number of nitro groups is 1. The molecule has 0 amide bonds. The Kier molecular flexibility index (Phi) is 7.46. The van der Waals surface area contributed by atoms with E-state index in [1.807, 2.05) is 13.8 Å². The Morgan fingerprint density at radius 1 is 1.10 bits per heavy atom. The first kappa shape index (κ1) is 22.5. The molecule has 2 rings (SSSR count). The van der Waals surface area contributed by atoms with Gasteiger partial charge in [0.15, 0.2) is 0 Å². The SMILES string of the molecule is CCC(C)Nc1ncnc(Nc2ccc(S(=O)(=O)N(CC)CC)cc2)c1[N+](=O)[O-]. The predicted octanol–water partition coefficient (Wildman–Crippen LogP) is 3.37. The molecular weight excluding hydrogens is 396 g/mol. The molecular formula is C18H26N6O4S. The van der Waals surface area contributed by atoms with E-state index in [4.69, 9.17) is 0 Å². The molecule has 1 atom stereocenters. The number of anilines is 3. The van der Waals surface area contributed by atoms with E-state index >= 15 is 0 Å². The van der Waals surface area contributed by atoms with Crippen LogP contribution in [0.15, 0.2) is 35.5 Å². The Labute approximate surface area is 170 Å². The molecule has 0 saturated carbocycles. The first-order valence-electron chi connectivity index (χ1n) is 9.37. The van der Waals surface area contributed by atoms with Crippen LogP contribution in [0.5, 0.6) is 0 Å². The summed E-state index contributed by atoms with van der Waals surface area (Å²) in [6, 6.07) is 6.01. The predicted molar refractivity (Wildman–Crippen MR) is 112 cm³/mol. The molecule has 10 nitrogen and oxygen atoms in total. The van der Waals surface area contributed by atoms with Crippen LogP contribution in [-0.2, 0) is 10.0 Å². The number of nitrogens with zero attached hydrogens (tertiary/aromatic N) is 4. The van der Waals surface area contributed by atoms with Crippen LogP contribution in [0, 0.1) is 10.1 Å². The lowest BCUT2D eigenvalue weighted by atomic mass is 10.2. The molecule has 0 bridgehead atoms. The highest BCUT2D eigenvalue weighted by molar-refractivity contribution is 7.89. The van der Waals surface area contributed by atoms with Crippen LogP contribution < -0.4 is 10.6 Å². The maximum absolute atomic E-state index is 12.6. The molecule has 0 aliphatic carbocycles. The first-order chi connectivity index (χ1) is 13.7. The van der Waals surface area contributed by atoms with Gasteiger partial charge in [0, 0.05) is 24.8 Å². The Bertz CT molecular complexity index is 945. The van der Waals surface area contributed by atoms with Crippen molar-refractivity contribution in [1.29, 1.82) is 0 Å². The van der Waals surface area contributed by atoms with Crippen molar-refractivity contribution in [3.05, 3.63) is 40.7 Å². The molecule has 0 fully saturated rings. The lowest BCUT2D eigenvalue weighted by Crippen LogP contribution is -2.30. The molecule has 1 heterocycles. The van der Waals surface area contributed by atoms with Crippen molar-refractivity contribution >= 4 is 33.0 Å². The van der Waals surface area contributed by atoms with Gasteiger partial charge in [0.1, 0.15) is 6.33 Å². The molecule has 0 aliphatic heterocycles. The van der Waals surface area contributed by atoms with Gasteiger partial charge in [-0.1, -0.05) is 20.8 Å². The van der Waals surface area contributed by atoms with Crippen molar-refractivity contribution in [3.8, 4) is 0 Å². The van der Waals surface area contributed by atoms with Gasteiger partial charge in [-0.15, -0.1) is 0 Å². The third-order valence-electron chi connectivity index (χ3n) is 4.46. The molecule has 2 aromatic rings. The Balaban J connectivity index is 2.33. The smallest absolute Gasteiger partial charge is 0.353 e. The standard InChI is InChI=1S/C18H26N6O4S/c1-5-13(4)21-17-16(24(25)26)18(20-12-19-17)22-14-8-10-15(11-9-14)29(27,28)23(6-2)7-3/h8-13H,5-7H2,1-4H3,(H2,19,20,21,22). The topological polar surface area (TPSA) is 130 Å². The van der Waals surface area contributed by atoms with Gasteiger partial charge in [0.05, 0.1) is 9.82 Å². The number of hydrogen-bond donors (Lipinski definition) is 2. The molecule has 2 N–H and O–H groups in total. The van der Waals surface area contributed by atoms with Gasteiger partial charge >= 0.3 is 5.69 Å². The van der Waals surface area contributed by atoms with Crippen LogP contribution in [0.1, 0.15) is 34.1 Å². The van der Waals surface area contributed by atoms with Crippen LogP contribution in [0.4, 0.5) is 23.0 Å². The van der Waals surface area contributed by atoms with Gasteiger partial charge < -0.3 is 10.6 Å². The lowest BCUT2D eigenvalue weighted by molar-refractivity contribution is -0.383. The van der Waals surface area contributed by atoms with E-state index in [9.17, 15) is 18.5 Å². The van der Waals surface area contributed by atoms with Crippen molar-refractivity contribution in [1.82, 2.24) is 14.3 Å². The monoisotopic (exact) mass is 422 g/mol. The maximum atomic E-state index is 12.6. The number of sulfonamides is 1. The van der Waals surface area contributed by atoms with Crippen LogP contribution in [-0.4, -0.2) is 46.7 Å². The van der Waals surface area contributed by atoms with Crippen molar-refractivity contribution in [2.75, 3.05) is 23.7 Å². The van der Waals surface area contributed by atoms with Gasteiger partial charge in [-0.2, -0.15) is 4.31 Å². The molecule has 0 saturated heterocycles. The van der Waals surface area contributed by atoms with Gasteiger partial charge in [-0.3, -0.25) is 10.1 Å². The number of aromatic nitrogens is 2. The quantitative estimate of drug-likeness (QED) is 0.440. The fourth-order valence-corrected chi connectivity index (χ4v) is 4.10. The van der Waals surface area contributed by atoms with Crippen LogP contribution in [0.3, 0.4) is 0 Å². The van der Waals surface area contributed by atoms with Gasteiger partial charge in [0.2, 0.25) is 21.7 Å². The Morgan fingerprint density at radius 3 is 2.21 bits per heavy atom. The summed E-state index contributed by atoms with van der Waals surface area (Å²) >= 11 is 0. The minimum atomic E-state index is -3.57. The zero-order valence-corrected chi connectivity index (χ0v) is 17.7. The largest absolute Gasteiger partial charge is 0.362 e. The van der Waals surface area contributed by atoms with Gasteiger partial charge in [-0.25, -0.2) is 18.4 Å². The molecule has 1 aromatic heterocycles. The summed E-state index contributed by atoms with van der Waals surface area (Å²) < 4.78 is 26.5. The van der Waals surface area contributed by atoms with E-state index in [1.165, 1.54) is 22.8 Å². The Morgan fingerprint density at radius 2 is 1.69 bits per heavy atom. The van der Waals surface area contributed by atoms with E-state index in [-0.39, 0.29) is 28.3 Å². The zero-order valence-electron chi connectivity index (χ0n) is 16.9. The summed E-state index contributed by atoms with van der Waals surface area (Å²) in [7, 11) is -3.57. The third kappa shape index (κ3) is 5.18. The molecule has 1 unspecified atom stereocenters. The van der Waals surface area contributed by atoms with Gasteiger partial charge in [-0.05, 0) is 37.6 Å². The third-order valence-corrected chi connectivity index (χ3v) is 6.52. The minimum absolute atomic E-state index is 0.000942. The highest BCUT2D eigenvalue weighted by Crippen LogP contribution is 2.32. The number of nitrogens with one attached hydrogen (secondary N) is 2. The first-order valence-corrected chi connectivity index (χ1v) is 10.8. The Hall–Kier alpha value is -2.79. The van der Waals surface area contributed by atoms with Crippen molar-refractivity contribution < 1.29 is 13.3 Å². The molecule has 11 heteroatoms. The van der Waals surface area contributed by atoms with E-state index in [1.54, 1.807) is 26.0 Å². The summed E-state index contributed by atoms with van der Waals surface area (Å²) in [6.07, 6.45) is 2.01. The summed E-state index contributed by atoms with van der Waals surface area (Å²) in [5.41, 5.74) is 0.201. The van der Waals surface area contributed by atoms with Crippen LogP contribution in [0.2, 0.25) is 0 Å². The minimum Gasteiger partial charge on any atom is -0.362 e. The highest BCUT2D eigenvalue weighted by Gasteiger charge is 2.25. The van der Waals surface area contributed by atoms with Crippen molar-refractivity contribution in [2.45, 2.75) is 45.1 Å². The average Bonchev–Trinajstić information content (AvgIpc) is 2.69. The van der Waals surface area contributed by atoms with Crippen molar-refractivity contribution in [3.63, 3.8) is 0 Å². The normalized spacial score (nSPS) is 12.6. The van der Waals surface area contributed by atoms with Crippen LogP contribution in [0.25, 0.3) is 0 Å². The van der Waals surface area contributed by atoms with Gasteiger partial charge in [0.25, 0.3) is 0 Å². The van der Waals surface area contributed by atoms with Crippen molar-refractivity contribution in [2.24, 2.45) is 0 Å². The fraction of sp³-hybridized carbons (Fsp3) is 0.444. The number of rotatable bonds is 10. The highest BCUT2D eigenvalue weighted by atomic mass is 32.2. The summed E-state index contributed by atoms with van der Waals surface area (Å²) in [4.78, 5) is 19.2. The van der Waals surface area contributed by atoms with E-state index in [0.717, 1.165) is 6.42 Å². The second-order valence-electron chi connectivity index (χ2n) is 6.37. The van der Waals surface area contributed by atoms with E-state index in [0.29, 0.717) is 18.8 Å². The molecule has 0 radical (unpaired) electrons. The van der Waals surface area contributed by atoms with E-state index < -0.39 is 14.9 Å². The second-order valence-corrected chi connectivity index (χ2v) is 8.31. The summed E-state index contributed by atoms with van der Waals surface area (Å²) in [5.74, 6) is 0.151. The number of benzene rings is 1. The molecule has 158 valence electrons. The number of hydrogen-bond acceptors (Lipinski definition) is 8. The fourth-order valence-electron chi connectivity index (χ4n) is 2.64. The molecule has 0 aliphatic rings. The lowest BCUT2D eigenvalue weighted by Gasteiger charge is -2.18. The van der Waals surface area contributed by atoms with Crippen LogP contribution >= 0.6 is 0 Å². The average molecular weight is 423 g/mol. The summed E-state index contributed by atoms with van der Waals surface area (Å²) in [5, 5.41) is 17.5. The molecule has 0 spiro atoms. The summed E-state index contributed by atoms with van der Waals surface area (Å²) in [6.45, 7) is 8.15. The zero-order chi connectivity index (χ0) is 21.6. The molecule has 29 heavy (non-hydrogen) atoms. The maximum Gasteiger partial charge on any atom is 0.353 e. The molecule has 1 aromatic carbocycles. The second kappa shape index (κ2) is 9.61. The van der Waals surface area contributed by atoms with E-state index in [2.05, 4.69) is 20.6 Å².